The summed E-state index contributed by atoms with van der Waals surface area (Å²) >= 11 is 0. The number of esters is 1. The summed E-state index contributed by atoms with van der Waals surface area (Å²) in [6, 6.07) is 3.21. The topological polar surface area (TPSA) is 50.1 Å². The maximum Gasteiger partial charge on any atom is 0.314 e. The van der Waals surface area contributed by atoms with Crippen LogP contribution in [-0.4, -0.2) is 5.97 Å². The van der Waals surface area contributed by atoms with Gasteiger partial charge in [-0.2, -0.15) is 5.26 Å². The minimum atomic E-state index is -1.01. The number of benzene rings is 1. The van der Waals surface area contributed by atoms with E-state index in [1.807, 2.05) is 0 Å². The van der Waals surface area contributed by atoms with Crippen LogP contribution >= 0.6 is 0 Å². The molecule has 5 heteroatoms. The highest BCUT2D eigenvalue weighted by Gasteiger charge is 2.28. The van der Waals surface area contributed by atoms with E-state index in [2.05, 4.69) is 6.92 Å². The maximum absolute atomic E-state index is 13.5. The van der Waals surface area contributed by atoms with Crippen LogP contribution < -0.4 is 4.74 Å². The second-order valence-electron chi connectivity index (χ2n) is 6.51. The Bertz CT molecular complexity index is 593. The number of carbonyl (C=O) groups is 1. The zero-order valence-corrected chi connectivity index (χ0v) is 14.0. The lowest BCUT2D eigenvalue weighted by Gasteiger charge is -2.27. The molecule has 0 radical (unpaired) electrons. The zero-order valence-electron chi connectivity index (χ0n) is 14.0. The Morgan fingerprint density at radius 2 is 1.83 bits per heavy atom. The molecular formula is C19H23F2NO2. The van der Waals surface area contributed by atoms with Gasteiger partial charge < -0.3 is 4.74 Å². The van der Waals surface area contributed by atoms with Crippen LogP contribution in [-0.2, 0) is 4.79 Å². The van der Waals surface area contributed by atoms with Gasteiger partial charge in [0.15, 0.2) is 0 Å². The molecule has 1 aromatic carbocycles. The fraction of sp³-hybridized carbons (Fsp3) is 0.579. The van der Waals surface area contributed by atoms with Gasteiger partial charge in [-0.25, -0.2) is 8.78 Å². The second kappa shape index (κ2) is 8.77. The van der Waals surface area contributed by atoms with Crippen molar-refractivity contribution in [3.63, 3.8) is 0 Å². The van der Waals surface area contributed by atoms with Gasteiger partial charge in [0.25, 0.3) is 0 Å². The minimum absolute atomic E-state index is 0.181. The smallest absolute Gasteiger partial charge is 0.314 e. The average molecular weight is 335 g/mol. The summed E-state index contributed by atoms with van der Waals surface area (Å²) in [5.74, 6) is -2.19. The summed E-state index contributed by atoms with van der Waals surface area (Å²) in [6.07, 6.45) is 8.42. The first kappa shape index (κ1) is 18.4. The summed E-state index contributed by atoms with van der Waals surface area (Å²) in [5, 5.41) is 8.64. The molecular weight excluding hydrogens is 312 g/mol. The molecule has 3 nitrogen and oxygen atoms in total. The predicted molar refractivity (Wildman–Crippen MR) is 86.3 cm³/mol. The lowest BCUT2D eigenvalue weighted by molar-refractivity contribution is -0.140. The van der Waals surface area contributed by atoms with Crippen molar-refractivity contribution in [2.75, 3.05) is 0 Å². The maximum atomic E-state index is 13.5. The van der Waals surface area contributed by atoms with Gasteiger partial charge in [0, 0.05) is 12.1 Å². The molecule has 0 N–H and O–H groups in total. The van der Waals surface area contributed by atoms with Crippen LogP contribution in [0.3, 0.4) is 0 Å². The predicted octanol–water partition coefficient (Wildman–Crippen LogP) is 5.13. The number of nitriles is 1. The summed E-state index contributed by atoms with van der Waals surface area (Å²) in [6.45, 7) is 2.18. The van der Waals surface area contributed by atoms with E-state index in [1.54, 1.807) is 0 Å². The minimum Gasteiger partial charge on any atom is -0.426 e. The highest BCUT2D eigenvalue weighted by molar-refractivity contribution is 5.75. The van der Waals surface area contributed by atoms with E-state index in [9.17, 15) is 13.6 Å². The Balaban J connectivity index is 1.87. The average Bonchev–Trinajstić information content (AvgIpc) is 2.55. The molecule has 0 heterocycles. The van der Waals surface area contributed by atoms with Gasteiger partial charge in [-0.05, 0) is 31.6 Å². The summed E-state index contributed by atoms with van der Waals surface area (Å²) < 4.78 is 32.2. The van der Waals surface area contributed by atoms with E-state index in [0.29, 0.717) is 5.92 Å². The van der Waals surface area contributed by atoms with Crippen molar-refractivity contribution < 1.29 is 18.3 Å². The van der Waals surface area contributed by atoms with E-state index in [4.69, 9.17) is 10.00 Å². The van der Waals surface area contributed by atoms with Crippen LogP contribution in [0.5, 0.6) is 5.75 Å². The number of nitrogens with zero attached hydrogens (tertiary/aromatic N) is 1. The molecule has 1 aromatic rings. The van der Waals surface area contributed by atoms with E-state index in [-0.39, 0.29) is 11.7 Å². The quantitative estimate of drug-likeness (QED) is 0.411. The molecule has 1 saturated carbocycles. The van der Waals surface area contributed by atoms with Crippen molar-refractivity contribution in [2.45, 2.75) is 58.3 Å². The Morgan fingerprint density at radius 3 is 2.38 bits per heavy atom. The molecule has 1 fully saturated rings. The number of hydrogen-bond acceptors (Lipinski definition) is 3. The number of ether oxygens (including phenoxy) is 1. The van der Waals surface area contributed by atoms with Crippen molar-refractivity contribution in [1.82, 2.24) is 0 Å². The summed E-state index contributed by atoms with van der Waals surface area (Å²) in [5.41, 5.74) is -0.664. The van der Waals surface area contributed by atoms with Gasteiger partial charge in [-0.3, -0.25) is 4.79 Å². The zero-order chi connectivity index (χ0) is 17.5. The van der Waals surface area contributed by atoms with Crippen LogP contribution in [0.25, 0.3) is 0 Å². The van der Waals surface area contributed by atoms with Crippen molar-refractivity contribution in [3.8, 4) is 11.8 Å². The molecule has 1 aliphatic carbocycles. The van der Waals surface area contributed by atoms with Gasteiger partial charge in [-0.1, -0.05) is 32.6 Å². The number of rotatable bonds is 6. The molecule has 0 saturated heterocycles. The number of halogens is 2. The van der Waals surface area contributed by atoms with Crippen LogP contribution in [0, 0.1) is 34.8 Å². The third kappa shape index (κ3) is 4.77. The summed E-state index contributed by atoms with van der Waals surface area (Å²) in [7, 11) is 0. The lowest BCUT2D eigenvalue weighted by Crippen LogP contribution is -2.25. The van der Waals surface area contributed by atoms with Gasteiger partial charge in [0.05, 0.1) is 5.92 Å². The van der Waals surface area contributed by atoms with Gasteiger partial charge in [0.1, 0.15) is 29.0 Å². The first-order valence-corrected chi connectivity index (χ1v) is 8.66. The van der Waals surface area contributed by atoms with Crippen molar-refractivity contribution in [2.24, 2.45) is 11.8 Å². The molecule has 0 atom stereocenters. The number of hydrogen-bond donors (Lipinski definition) is 0. The van der Waals surface area contributed by atoms with Gasteiger partial charge in [0.2, 0.25) is 0 Å². The fourth-order valence-electron chi connectivity index (χ4n) is 3.28. The van der Waals surface area contributed by atoms with E-state index in [0.717, 1.165) is 37.8 Å². The first-order chi connectivity index (χ1) is 11.5. The SMILES string of the molecule is CCCCCC1CCC(C(=O)Oc2cc(F)c(C#N)c(F)c2)CC1. The van der Waals surface area contributed by atoms with Gasteiger partial charge >= 0.3 is 5.97 Å². The lowest BCUT2D eigenvalue weighted by atomic mass is 9.80. The molecule has 1 aliphatic rings. The first-order valence-electron chi connectivity index (χ1n) is 8.66. The fourth-order valence-corrected chi connectivity index (χ4v) is 3.28. The van der Waals surface area contributed by atoms with E-state index < -0.39 is 23.2 Å². The van der Waals surface area contributed by atoms with E-state index >= 15 is 0 Å². The molecule has 0 aliphatic heterocycles. The van der Waals surface area contributed by atoms with Crippen LogP contribution in [0.15, 0.2) is 12.1 Å². The Hall–Kier alpha value is -1.96. The second-order valence-corrected chi connectivity index (χ2v) is 6.51. The van der Waals surface area contributed by atoms with E-state index in [1.165, 1.54) is 31.8 Å². The largest absolute Gasteiger partial charge is 0.426 e. The Morgan fingerprint density at radius 1 is 1.21 bits per heavy atom. The van der Waals surface area contributed by atoms with Crippen LogP contribution in [0.4, 0.5) is 8.78 Å². The molecule has 2 rings (SSSR count). The molecule has 0 aromatic heterocycles. The Labute approximate surface area is 141 Å². The van der Waals surface area contributed by atoms with Crippen LogP contribution in [0.1, 0.15) is 63.9 Å². The normalized spacial score (nSPS) is 20.4. The Kier molecular flexibility index (Phi) is 6.72. The van der Waals surface area contributed by atoms with Crippen molar-refractivity contribution >= 4 is 5.97 Å². The highest BCUT2D eigenvalue weighted by Crippen LogP contribution is 2.33. The van der Waals surface area contributed by atoms with Crippen LogP contribution in [0.2, 0.25) is 0 Å². The molecule has 0 unspecified atom stereocenters. The van der Waals surface area contributed by atoms with Crippen molar-refractivity contribution in [1.29, 1.82) is 5.26 Å². The third-order valence-electron chi connectivity index (χ3n) is 4.74. The van der Waals surface area contributed by atoms with Crippen molar-refractivity contribution in [3.05, 3.63) is 29.3 Å². The molecule has 24 heavy (non-hydrogen) atoms. The molecule has 130 valence electrons. The highest BCUT2D eigenvalue weighted by atomic mass is 19.1. The standard InChI is InChI=1S/C19H23F2NO2/c1-2-3-4-5-13-6-8-14(9-7-13)19(23)24-15-10-17(20)16(12-22)18(21)11-15/h10-11,13-14H,2-9H2,1H3. The molecule has 0 amide bonds. The van der Waals surface area contributed by atoms with Gasteiger partial charge in [-0.15, -0.1) is 0 Å². The third-order valence-corrected chi connectivity index (χ3v) is 4.74. The monoisotopic (exact) mass is 335 g/mol. The summed E-state index contributed by atoms with van der Waals surface area (Å²) in [4.78, 5) is 12.2. The number of unbranched alkanes of at least 4 members (excludes halogenated alkanes) is 2. The molecule has 0 bridgehead atoms. The number of carbonyl (C=O) groups excluding carboxylic acids is 1. The molecule has 0 spiro atoms.